The smallest absolute Gasteiger partial charge is 0.167 e. The Bertz CT molecular complexity index is 825. The number of benzene rings is 2. The Kier molecular flexibility index (Phi) is 8.38. The quantitative estimate of drug-likeness (QED) is 0.375. The van der Waals surface area contributed by atoms with E-state index in [-0.39, 0.29) is 23.1 Å². The lowest BCUT2D eigenvalue weighted by atomic mass is 9.88. The molecule has 0 aliphatic carbocycles. The van der Waals surface area contributed by atoms with Crippen LogP contribution in [-0.4, -0.2) is 12.7 Å². The molecule has 2 unspecified atom stereocenters. The van der Waals surface area contributed by atoms with Gasteiger partial charge in [0.2, 0.25) is 0 Å². The minimum Gasteiger partial charge on any atom is -0.378 e. The monoisotopic (exact) mass is 418 g/mol. The molecule has 3 rings (SSSR count). The lowest BCUT2D eigenvalue weighted by Crippen LogP contribution is -2.25. The van der Waals surface area contributed by atoms with E-state index < -0.39 is 17.5 Å². The first-order valence-electron chi connectivity index (χ1n) is 11.4. The number of rotatable bonds is 9. The highest BCUT2D eigenvalue weighted by Gasteiger charge is 2.27. The molecule has 30 heavy (non-hydrogen) atoms. The standard InChI is InChI=1S/C26H33F3O/c1-3-5-6-7-9-20-12-11-19(17-30-20)21-14-15-23(26(29)25(21)28)22-13-10-18(8-4-2)16-24(22)27/h10,13-16,19-20H,3-9,11-12,17H2,1-2H3. The molecular formula is C26H33F3O. The summed E-state index contributed by atoms with van der Waals surface area (Å²) in [6.45, 7) is 4.62. The summed E-state index contributed by atoms with van der Waals surface area (Å²) in [6.07, 6.45) is 9.40. The van der Waals surface area contributed by atoms with Gasteiger partial charge in [0.25, 0.3) is 0 Å². The van der Waals surface area contributed by atoms with Gasteiger partial charge < -0.3 is 4.74 Å². The van der Waals surface area contributed by atoms with Crippen molar-refractivity contribution in [1.82, 2.24) is 0 Å². The molecule has 0 N–H and O–H groups in total. The lowest BCUT2D eigenvalue weighted by Gasteiger charge is -2.30. The maximum atomic E-state index is 14.9. The molecule has 1 heterocycles. The van der Waals surface area contributed by atoms with Gasteiger partial charge in [-0.25, -0.2) is 13.2 Å². The highest BCUT2D eigenvalue weighted by atomic mass is 19.2. The minimum atomic E-state index is -0.976. The van der Waals surface area contributed by atoms with Crippen molar-refractivity contribution in [3.8, 4) is 11.1 Å². The van der Waals surface area contributed by atoms with E-state index in [1.54, 1.807) is 18.2 Å². The molecule has 1 nitrogen and oxygen atoms in total. The van der Waals surface area contributed by atoms with Crippen LogP contribution < -0.4 is 0 Å². The van der Waals surface area contributed by atoms with E-state index in [0.717, 1.165) is 44.1 Å². The first kappa shape index (κ1) is 22.9. The average Bonchev–Trinajstić information content (AvgIpc) is 2.75. The summed E-state index contributed by atoms with van der Waals surface area (Å²) in [5.41, 5.74) is 1.27. The van der Waals surface area contributed by atoms with E-state index >= 15 is 0 Å². The third kappa shape index (κ3) is 5.46. The van der Waals surface area contributed by atoms with Crippen LogP contribution in [-0.2, 0) is 11.2 Å². The van der Waals surface area contributed by atoms with Crippen molar-refractivity contribution in [3.05, 3.63) is 58.9 Å². The van der Waals surface area contributed by atoms with Crippen LogP contribution in [0.25, 0.3) is 11.1 Å². The summed E-state index contributed by atoms with van der Waals surface area (Å²) in [5.74, 6) is -2.52. The van der Waals surface area contributed by atoms with Crippen LogP contribution >= 0.6 is 0 Å². The number of hydrogen-bond acceptors (Lipinski definition) is 1. The molecule has 0 saturated carbocycles. The van der Waals surface area contributed by atoms with Gasteiger partial charge in [0, 0.05) is 17.0 Å². The molecule has 0 bridgehead atoms. The van der Waals surface area contributed by atoms with Crippen molar-refractivity contribution in [2.24, 2.45) is 0 Å². The SMILES string of the molecule is CCCCCCC1CCC(c2ccc(-c3ccc(CCC)cc3F)c(F)c2F)CO1. The van der Waals surface area contributed by atoms with Gasteiger partial charge in [-0.15, -0.1) is 0 Å². The topological polar surface area (TPSA) is 9.23 Å². The van der Waals surface area contributed by atoms with Gasteiger partial charge in [-0.2, -0.15) is 0 Å². The fourth-order valence-electron chi connectivity index (χ4n) is 4.39. The summed E-state index contributed by atoms with van der Waals surface area (Å²) < 4.78 is 50.2. The van der Waals surface area contributed by atoms with Gasteiger partial charge in [-0.1, -0.05) is 70.2 Å². The minimum absolute atomic E-state index is 0.0256. The second kappa shape index (κ2) is 11.0. The molecule has 1 aliphatic rings. The van der Waals surface area contributed by atoms with Gasteiger partial charge in [0.15, 0.2) is 11.6 Å². The highest BCUT2D eigenvalue weighted by Crippen LogP contribution is 2.35. The van der Waals surface area contributed by atoms with E-state index in [1.807, 2.05) is 6.92 Å². The van der Waals surface area contributed by atoms with Crippen LogP contribution in [0.5, 0.6) is 0 Å². The molecule has 1 fully saturated rings. The van der Waals surface area contributed by atoms with Crippen molar-refractivity contribution in [2.45, 2.75) is 83.7 Å². The average molecular weight is 419 g/mol. The van der Waals surface area contributed by atoms with Crippen LogP contribution in [0.3, 0.4) is 0 Å². The lowest BCUT2D eigenvalue weighted by molar-refractivity contribution is -0.00282. The molecular weight excluding hydrogens is 385 g/mol. The molecule has 164 valence electrons. The van der Waals surface area contributed by atoms with Crippen LogP contribution in [0.4, 0.5) is 13.2 Å². The summed E-state index contributed by atoms with van der Waals surface area (Å²) in [5, 5.41) is 0. The molecule has 2 atom stereocenters. The van der Waals surface area contributed by atoms with Crippen molar-refractivity contribution in [1.29, 1.82) is 0 Å². The third-order valence-electron chi connectivity index (χ3n) is 6.16. The molecule has 4 heteroatoms. The second-order valence-electron chi connectivity index (χ2n) is 8.47. The molecule has 2 aromatic carbocycles. The predicted octanol–water partition coefficient (Wildman–Crippen LogP) is 7.96. The zero-order valence-corrected chi connectivity index (χ0v) is 18.2. The Morgan fingerprint density at radius 2 is 1.67 bits per heavy atom. The van der Waals surface area contributed by atoms with Crippen LogP contribution in [0, 0.1) is 17.5 Å². The van der Waals surface area contributed by atoms with Crippen LogP contribution in [0.2, 0.25) is 0 Å². The highest BCUT2D eigenvalue weighted by molar-refractivity contribution is 5.66. The summed E-state index contributed by atoms with van der Waals surface area (Å²) in [6, 6.07) is 7.85. The fraction of sp³-hybridized carbons (Fsp3) is 0.538. The molecule has 2 aromatic rings. The van der Waals surface area contributed by atoms with Crippen molar-refractivity contribution in [3.63, 3.8) is 0 Å². The van der Waals surface area contributed by atoms with Gasteiger partial charge in [0.05, 0.1) is 12.7 Å². The maximum Gasteiger partial charge on any atom is 0.167 e. The molecule has 0 spiro atoms. The third-order valence-corrected chi connectivity index (χ3v) is 6.16. The van der Waals surface area contributed by atoms with E-state index in [0.29, 0.717) is 12.2 Å². The molecule has 0 amide bonds. The summed E-state index contributed by atoms with van der Waals surface area (Å²) >= 11 is 0. The van der Waals surface area contributed by atoms with Gasteiger partial charge >= 0.3 is 0 Å². The number of aryl methyl sites for hydroxylation is 1. The van der Waals surface area contributed by atoms with Crippen molar-refractivity contribution < 1.29 is 17.9 Å². The Labute approximate surface area is 178 Å². The van der Waals surface area contributed by atoms with Crippen molar-refractivity contribution in [2.75, 3.05) is 6.61 Å². The first-order chi connectivity index (χ1) is 14.5. The Morgan fingerprint density at radius 3 is 2.33 bits per heavy atom. The van der Waals surface area contributed by atoms with Gasteiger partial charge in [0.1, 0.15) is 5.82 Å². The van der Waals surface area contributed by atoms with Crippen LogP contribution in [0.1, 0.15) is 82.3 Å². The number of unbranched alkanes of at least 4 members (excludes halogenated alkanes) is 3. The van der Waals surface area contributed by atoms with E-state index in [1.165, 1.54) is 31.4 Å². The molecule has 1 aliphatic heterocycles. The van der Waals surface area contributed by atoms with E-state index in [9.17, 15) is 13.2 Å². The Balaban J connectivity index is 1.69. The largest absolute Gasteiger partial charge is 0.378 e. The van der Waals surface area contributed by atoms with E-state index in [4.69, 9.17) is 4.74 Å². The Morgan fingerprint density at radius 1 is 0.867 bits per heavy atom. The molecule has 0 aromatic heterocycles. The van der Waals surface area contributed by atoms with Gasteiger partial charge in [-0.05, 0) is 42.9 Å². The van der Waals surface area contributed by atoms with Gasteiger partial charge in [-0.3, -0.25) is 0 Å². The first-order valence-corrected chi connectivity index (χ1v) is 11.4. The summed E-state index contributed by atoms with van der Waals surface area (Å²) in [4.78, 5) is 0. The van der Waals surface area contributed by atoms with Crippen molar-refractivity contribution >= 4 is 0 Å². The Hall–Kier alpha value is -1.81. The van der Waals surface area contributed by atoms with E-state index in [2.05, 4.69) is 6.92 Å². The zero-order valence-electron chi connectivity index (χ0n) is 18.2. The number of ether oxygens (including phenoxy) is 1. The predicted molar refractivity (Wildman–Crippen MR) is 116 cm³/mol. The zero-order chi connectivity index (χ0) is 21.5. The molecule has 0 radical (unpaired) electrons. The maximum absolute atomic E-state index is 14.9. The molecule has 1 saturated heterocycles. The normalized spacial score (nSPS) is 19.2. The summed E-state index contributed by atoms with van der Waals surface area (Å²) in [7, 11) is 0. The second-order valence-corrected chi connectivity index (χ2v) is 8.47. The number of hydrogen-bond donors (Lipinski definition) is 0. The van der Waals surface area contributed by atoms with Crippen LogP contribution in [0.15, 0.2) is 30.3 Å². The fourth-order valence-corrected chi connectivity index (χ4v) is 4.39. The number of halogens is 3.